The van der Waals surface area contributed by atoms with Crippen molar-refractivity contribution in [2.45, 2.75) is 26.4 Å². The van der Waals surface area contributed by atoms with E-state index in [2.05, 4.69) is 27.1 Å². The summed E-state index contributed by atoms with van der Waals surface area (Å²) in [6.45, 7) is 4.47. The van der Waals surface area contributed by atoms with Crippen LogP contribution in [0.1, 0.15) is 29.7 Å². The molecule has 0 aliphatic carbocycles. The van der Waals surface area contributed by atoms with Crippen LogP contribution in [0, 0.1) is 12.7 Å². The van der Waals surface area contributed by atoms with Crippen LogP contribution in [0.25, 0.3) is 0 Å². The predicted octanol–water partition coefficient (Wildman–Crippen LogP) is 3.62. The Morgan fingerprint density at radius 3 is 2.81 bits per heavy atom. The van der Waals surface area contributed by atoms with Crippen molar-refractivity contribution in [2.24, 2.45) is 4.99 Å². The van der Waals surface area contributed by atoms with E-state index in [-0.39, 0.29) is 11.9 Å². The van der Waals surface area contributed by atoms with Crippen molar-refractivity contribution in [1.29, 1.82) is 0 Å². The van der Waals surface area contributed by atoms with Crippen molar-refractivity contribution in [3.63, 3.8) is 0 Å². The van der Waals surface area contributed by atoms with E-state index in [0.717, 1.165) is 12.1 Å². The molecule has 21 heavy (non-hydrogen) atoms. The van der Waals surface area contributed by atoms with Gasteiger partial charge in [-0.2, -0.15) is 11.3 Å². The third-order valence-electron chi connectivity index (χ3n) is 3.31. The predicted molar refractivity (Wildman–Crippen MR) is 87.2 cm³/mol. The molecule has 1 aromatic heterocycles. The number of aryl methyl sites for hydroxylation is 1. The van der Waals surface area contributed by atoms with Crippen LogP contribution in [0.15, 0.2) is 40.0 Å². The number of halogens is 1. The zero-order valence-electron chi connectivity index (χ0n) is 12.5. The standard InChI is InChI=1S/C16H20FN3S/c1-11-4-5-14(8-15(11)17)12(2)20-16(18-3)19-9-13-6-7-21-10-13/h4-8,10,12H,9H2,1-3H3,(H2,18,19,20). The van der Waals surface area contributed by atoms with Gasteiger partial charge in [-0.25, -0.2) is 4.39 Å². The molecule has 0 fully saturated rings. The summed E-state index contributed by atoms with van der Waals surface area (Å²) >= 11 is 1.67. The van der Waals surface area contributed by atoms with Gasteiger partial charge in [0, 0.05) is 13.6 Å². The van der Waals surface area contributed by atoms with Crippen LogP contribution < -0.4 is 10.6 Å². The van der Waals surface area contributed by atoms with E-state index < -0.39 is 0 Å². The summed E-state index contributed by atoms with van der Waals surface area (Å²) < 4.78 is 13.6. The molecule has 2 aromatic rings. The summed E-state index contributed by atoms with van der Waals surface area (Å²) in [6, 6.07) is 7.35. The Bertz CT molecular complexity index is 608. The SMILES string of the molecule is CN=C(NCc1ccsc1)NC(C)c1ccc(C)c(F)c1. The van der Waals surface area contributed by atoms with Gasteiger partial charge in [0.1, 0.15) is 5.82 Å². The number of hydrogen-bond donors (Lipinski definition) is 2. The minimum absolute atomic E-state index is 0.0197. The normalized spacial score (nSPS) is 13.0. The highest BCUT2D eigenvalue weighted by Crippen LogP contribution is 2.16. The monoisotopic (exact) mass is 305 g/mol. The maximum absolute atomic E-state index is 13.6. The van der Waals surface area contributed by atoms with Crippen molar-refractivity contribution in [1.82, 2.24) is 10.6 Å². The van der Waals surface area contributed by atoms with Crippen LogP contribution in [0.5, 0.6) is 0 Å². The molecular formula is C16H20FN3S. The average Bonchev–Trinajstić information content (AvgIpc) is 2.99. The van der Waals surface area contributed by atoms with Crippen LogP contribution in [0.2, 0.25) is 0 Å². The molecule has 1 heterocycles. The Morgan fingerprint density at radius 2 is 2.19 bits per heavy atom. The zero-order chi connectivity index (χ0) is 15.2. The number of benzene rings is 1. The molecule has 1 atom stereocenters. The summed E-state index contributed by atoms with van der Waals surface area (Å²) in [6.07, 6.45) is 0. The van der Waals surface area contributed by atoms with Gasteiger partial charge in [0.25, 0.3) is 0 Å². The molecule has 0 spiro atoms. The van der Waals surface area contributed by atoms with Gasteiger partial charge in [0.2, 0.25) is 0 Å². The zero-order valence-corrected chi connectivity index (χ0v) is 13.3. The maximum Gasteiger partial charge on any atom is 0.191 e. The third-order valence-corrected chi connectivity index (χ3v) is 4.04. The average molecular weight is 305 g/mol. The van der Waals surface area contributed by atoms with Gasteiger partial charge >= 0.3 is 0 Å². The first-order valence-electron chi connectivity index (χ1n) is 6.84. The molecule has 2 rings (SSSR count). The lowest BCUT2D eigenvalue weighted by Crippen LogP contribution is -2.38. The molecule has 1 unspecified atom stereocenters. The van der Waals surface area contributed by atoms with Gasteiger partial charge in [0.05, 0.1) is 6.04 Å². The maximum atomic E-state index is 13.6. The molecule has 5 heteroatoms. The van der Waals surface area contributed by atoms with Gasteiger partial charge in [-0.05, 0) is 53.4 Å². The molecular weight excluding hydrogens is 285 g/mol. The highest BCUT2D eigenvalue weighted by Gasteiger charge is 2.09. The Kier molecular flexibility index (Phi) is 5.33. The fourth-order valence-electron chi connectivity index (χ4n) is 1.94. The Hall–Kier alpha value is -1.88. The summed E-state index contributed by atoms with van der Waals surface area (Å²) in [7, 11) is 1.73. The van der Waals surface area contributed by atoms with Crippen LogP contribution >= 0.6 is 11.3 Å². The quantitative estimate of drug-likeness (QED) is 0.668. The molecule has 3 nitrogen and oxygen atoms in total. The molecule has 0 saturated heterocycles. The largest absolute Gasteiger partial charge is 0.352 e. The minimum atomic E-state index is -0.178. The van der Waals surface area contributed by atoms with Crippen molar-refractivity contribution < 1.29 is 4.39 Å². The Labute approximate surface area is 128 Å². The fraction of sp³-hybridized carbons (Fsp3) is 0.312. The van der Waals surface area contributed by atoms with Crippen LogP contribution in [0.4, 0.5) is 4.39 Å². The van der Waals surface area contributed by atoms with E-state index in [1.165, 1.54) is 5.56 Å². The van der Waals surface area contributed by atoms with E-state index in [9.17, 15) is 4.39 Å². The Balaban J connectivity index is 1.95. The van der Waals surface area contributed by atoms with Gasteiger partial charge in [0.15, 0.2) is 5.96 Å². The second-order valence-electron chi connectivity index (χ2n) is 4.93. The van der Waals surface area contributed by atoms with Gasteiger partial charge in [-0.15, -0.1) is 0 Å². The van der Waals surface area contributed by atoms with E-state index in [0.29, 0.717) is 11.5 Å². The summed E-state index contributed by atoms with van der Waals surface area (Å²) in [5, 5.41) is 10.7. The van der Waals surface area contributed by atoms with Gasteiger partial charge in [-0.3, -0.25) is 4.99 Å². The molecule has 0 radical (unpaired) electrons. The molecule has 2 N–H and O–H groups in total. The number of guanidine groups is 1. The van der Waals surface area contributed by atoms with Crippen molar-refractivity contribution in [3.05, 3.63) is 57.5 Å². The molecule has 112 valence electrons. The van der Waals surface area contributed by atoms with E-state index >= 15 is 0 Å². The summed E-state index contributed by atoms with van der Waals surface area (Å²) in [5.74, 6) is 0.525. The van der Waals surface area contributed by atoms with Gasteiger partial charge < -0.3 is 10.6 Å². The first kappa shape index (κ1) is 15.5. The lowest BCUT2D eigenvalue weighted by Gasteiger charge is -2.18. The number of thiophene rings is 1. The number of rotatable bonds is 4. The van der Waals surface area contributed by atoms with Crippen molar-refractivity contribution >= 4 is 17.3 Å². The highest BCUT2D eigenvalue weighted by molar-refractivity contribution is 7.07. The summed E-state index contributed by atoms with van der Waals surface area (Å²) in [5.41, 5.74) is 2.78. The third kappa shape index (κ3) is 4.29. The second-order valence-corrected chi connectivity index (χ2v) is 5.71. The first-order chi connectivity index (χ1) is 10.1. The smallest absolute Gasteiger partial charge is 0.191 e. The van der Waals surface area contributed by atoms with Crippen LogP contribution in [-0.4, -0.2) is 13.0 Å². The van der Waals surface area contributed by atoms with Crippen LogP contribution in [-0.2, 0) is 6.54 Å². The lowest BCUT2D eigenvalue weighted by atomic mass is 10.1. The molecule has 0 aliphatic heterocycles. The van der Waals surface area contributed by atoms with Crippen LogP contribution in [0.3, 0.4) is 0 Å². The first-order valence-corrected chi connectivity index (χ1v) is 7.78. The molecule has 0 saturated carbocycles. The number of hydrogen-bond acceptors (Lipinski definition) is 2. The molecule has 0 aliphatic rings. The van der Waals surface area contributed by atoms with Crippen molar-refractivity contribution in [2.75, 3.05) is 7.05 Å². The van der Waals surface area contributed by atoms with Crippen molar-refractivity contribution in [3.8, 4) is 0 Å². The Morgan fingerprint density at radius 1 is 1.38 bits per heavy atom. The van der Waals surface area contributed by atoms with E-state index in [4.69, 9.17) is 0 Å². The fourth-order valence-corrected chi connectivity index (χ4v) is 2.61. The topological polar surface area (TPSA) is 36.4 Å². The number of aliphatic imine (C=N–C) groups is 1. The highest BCUT2D eigenvalue weighted by atomic mass is 32.1. The molecule has 0 bridgehead atoms. The van der Waals surface area contributed by atoms with E-state index in [1.807, 2.05) is 18.4 Å². The lowest BCUT2D eigenvalue weighted by molar-refractivity contribution is 0.607. The van der Waals surface area contributed by atoms with E-state index in [1.54, 1.807) is 37.4 Å². The number of nitrogens with one attached hydrogen (secondary N) is 2. The van der Waals surface area contributed by atoms with Gasteiger partial charge in [-0.1, -0.05) is 12.1 Å². The minimum Gasteiger partial charge on any atom is -0.352 e. The number of nitrogens with zero attached hydrogens (tertiary/aromatic N) is 1. The molecule has 1 aromatic carbocycles. The second kappa shape index (κ2) is 7.22. The molecule has 0 amide bonds. The summed E-state index contributed by atoms with van der Waals surface area (Å²) in [4.78, 5) is 4.20.